The molecule has 2 aromatic carbocycles. The highest BCUT2D eigenvalue weighted by molar-refractivity contribution is 14.1. The molecule has 1 atom stereocenters. The first-order chi connectivity index (χ1) is 10.2. The molecule has 0 aliphatic carbocycles. The van der Waals surface area contributed by atoms with Crippen LogP contribution in [0, 0.1) is 10.5 Å². The first-order valence-corrected chi connectivity index (χ1v) is 8.37. The molecule has 1 N–H and O–H groups in total. The minimum absolute atomic E-state index is 0.201. The van der Waals surface area contributed by atoms with Gasteiger partial charge in [-0.1, -0.05) is 37.3 Å². The first kappa shape index (κ1) is 16.3. The molecule has 21 heavy (non-hydrogen) atoms. The molecule has 0 spiro atoms. The van der Waals surface area contributed by atoms with E-state index in [9.17, 15) is 0 Å². The molecule has 0 bridgehead atoms. The van der Waals surface area contributed by atoms with Crippen LogP contribution >= 0.6 is 22.6 Å². The molecule has 2 aromatic rings. The molecule has 0 aliphatic heterocycles. The van der Waals surface area contributed by atoms with Gasteiger partial charge in [0.05, 0.1) is 13.2 Å². The Morgan fingerprint density at radius 1 is 1.19 bits per heavy atom. The number of ether oxygens (including phenoxy) is 1. The molecule has 112 valence electrons. The molecule has 0 amide bonds. The molecule has 0 fully saturated rings. The fourth-order valence-corrected chi connectivity index (χ4v) is 3.08. The minimum Gasteiger partial charge on any atom is -0.497 e. The summed E-state index contributed by atoms with van der Waals surface area (Å²) in [5.41, 5.74) is 3.89. The van der Waals surface area contributed by atoms with Crippen LogP contribution < -0.4 is 10.1 Å². The molecule has 0 aliphatic rings. The van der Waals surface area contributed by atoms with Crippen molar-refractivity contribution in [1.82, 2.24) is 5.32 Å². The molecule has 0 radical (unpaired) electrons. The molecule has 0 aromatic heterocycles. The van der Waals surface area contributed by atoms with Crippen molar-refractivity contribution in [3.63, 3.8) is 0 Å². The van der Waals surface area contributed by atoms with Crippen LogP contribution in [0.25, 0.3) is 0 Å². The molecule has 3 heteroatoms. The van der Waals surface area contributed by atoms with Gasteiger partial charge in [0.25, 0.3) is 0 Å². The van der Waals surface area contributed by atoms with Crippen molar-refractivity contribution in [3.05, 3.63) is 62.7 Å². The fourth-order valence-electron chi connectivity index (χ4n) is 2.41. The van der Waals surface area contributed by atoms with Crippen LogP contribution in [0.1, 0.15) is 36.1 Å². The van der Waals surface area contributed by atoms with Gasteiger partial charge < -0.3 is 10.1 Å². The maximum absolute atomic E-state index is 5.37. The third kappa shape index (κ3) is 3.98. The lowest BCUT2D eigenvalue weighted by molar-refractivity contribution is 0.413. The fraction of sp³-hybridized carbons (Fsp3) is 0.333. The predicted octanol–water partition coefficient (Wildman–Crippen LogP) is 4.70. The van der Waals surface area contributed by atoms with Gasteiger partial charge in [-0.15, -0.1) is 0 Å². The van der Waals surface area contributed by atoms with Crippen molar-refractivity contribution in [1.29, 1.82) is 0 Å². The zero-order valence-electron chi connectivity index (χ0n) is 12.8. The number of methoxy groups -OCH3 is 1. The summed E-state index contributed by atoms with van der Waals surface area (Å²) in [6.07, 6.45) is 1.11. The van der Waals surface area contributed by atoms with Crippen molar-refractivity contribution < 1.29 is 4.74 Å². The minimum atomic E-state index is 0.201. The second-order valence-corrected chi connectivity index (χ2v) is 6.22. The average molecular weight is 395 g/mol. The molecule has 0 saturated carbocycles. The summed E-state index contributed by atoms with van der Waals surface area (Å²) < 4.78 is 6.70. The number of benzene rings is 2. The van der Waals surface area contributed by atoms with Crippen LogP contribution in [0.2, 0.25) is 0 Å². The van der Waals surface area contributed by atoms with E-state index in [1.807, 2.05) is 6.07 Å². The van der Waals surface area contributed by atoms with Gasteiger partial charge in [0.1, 0.15) is 5.75 Å². The van der Waals surface area contributed by atoms with Crippen molar-refractivity contribution >= 4 is 22.6 Å². The zero-order valence-corrected chi connectivity index (χ0v) is 15.0. The second-order valence-electron chi connectivity index (χ2n) is 5.14. The normalized spacial score (nSPS) is 12.2. The van der Waals surface area contributed by atoms with Crippen LogP contribution in [0.15, 0.2) is 42.5 Å². The van der Waals surface area contributed by atoms with E-state index in [1.54, 1.807) is 7.11 Å². The smallest absolute Gasteiger partial charge is 0.119 e. The van der Waals surface area contributed by atoms with E-state index < -0.39 is 0 Å². The standard InChI is InChI=1S/C18H22INO/c1-4-11-20-18(14-8-6-9-15(12-14)21-3)16-10-5-7-13(2)17(16)19/h5-10,12,18,20H,4,11H2,1-3H3. The highest BCUT2D eigenvalue weighted by Gasteiger charge is 2.17. The Morgan fingerprint density at radius 2 is 1.95 bits per heavy atom. The molecule has 1 unspecified atom stereocenters. The van der Waals surface area contributed by atoms with Gasteiger partial charge in [0.2, 0.25) is 0 Å². The summed E-state index contributed by atoms with van der Waals surface area (Å²) in [6, 6.07) is 15.0. The Kier molecular flexibility index (Phi) is 6.06. The third-order valence-corrected chi connectivity index (χ3v) is 5.03. The van der Waals surface area contributed by atoms with E-state index in [-0.39, 0.29) is 6.04 Å². The Balaban J connectivity index is 2.44. The quantitative estimate of drug-likeness (QED) is 0.717. The Morgan fingerprint density at radius 3 is 2.67 bits per heavy atom. The lowest BCUT2D eigenvalue weighted by atomic mass is 9.97. The molecular formula is C18H22INO. The summed E-state index contributed by atoms with van der Waals surface area (Å²) in [5, 5.41) is 3.66. The SMILES string of the molecule is CCCNC(c1cccc(OC)c1)c1cccc(C)c1I. The summed E-state index contributed by atoms with van der Waals surface area (Å²) in [6.45, 7) is 5.34. The summed E-state index contributed by atoms with van der Waals surface area (Å²) >= 11 is 2.45. The maximum Gasteiger partial charge on any atom is 0.119 e. The van der Waals surface area contributed by atoms with E-state index in [4.69, 9.17) is 4.74 Å². The van der Waals surface area contributed by atoms with Gasteiger partial charge in [-0.25, -0.2) is 0 Å². The number of halogens is 1. The third-order valence-electron chi connectivity index (χ3n) is 3.56. The van der Waals surface area contributed by atoms with E-state index >= 15 is 0 Å². The molecule has 2 nitrogen and oxygen atoms in total. The van der Waals surface area contributed by atoms with Crippen LogP contribution in [-0.2, 0) is 0 Å². The summed E-state index contributed by atoms with van der Waals surface area (Å²) in [4.78, 5) is 0. The zero-order chi connectivity index (χ0) is 15.2. The lowest BCUT2D eigenvalue weighted by Gasteiger charge is -2.22. The second kappa shape index (κ2) is 7.80. The Labute approximate surface area is 141 Å². The number of hydrogen-bond acceptors (Lipinski definition) is 2. The number of hydrogen-bond donors (Lipinski definition) is 1. The van der Waals surface area contributed by atoms with Crippen molar-refractivity contribution in [2.45, 2.75) is 26.3 Å². The maximum atomic E-state index is 5.37. The van der Waals surface area contributed by atoms with Crippen LogP contribution in [0.4, 0.5) is 0 Å². The van der Waals surface area contributed by atoms with Crippen LogP contribution in [0.5, 0.6) is 5.75 Å². The lowest BCUT2D eigenvalue weighted by Crippen LogP contribution is -2.24. The van der Waals surface area contributed by atoms with Gasteiger partial charge in [0.15, 0.2) is 0 Å². The van der Waals surface area contributed by atoms with Gasteiger partial charge in [0, 0.05) is 3.57 Å². The Hall–Kier alpha value is -1.07. The highest BCUT2D eigenvalue weighted by Crippen LogP contribution is 2.29. The van der Waals surface area contributed by atoms with E-state index in [2.05, 4.69) is 78.2 Å². The van der Waals surface area contributed by atoms with Crippen molar-refractivity contribution in [2.24, 2.45) is 0 Å². The summed E-state index contributed by atoms with van der Waals surface area (Å²) in [7, 11) is 1.71. The molecule has 0 heterocycles. The van der Waals surface area contributed by atoms with E-state index in [0.717, 1.165) is 18.7 Å². The topological polar surface area (TPSA) is 21.3 Å². The predicted molar refractivity (Wildman–Crippen MR) is 97.0 cm³/mol. The van der Waals surface area contributed by atoms with Gasteiger partial charge in [-0.2, -0.15) is 0 Å². The first-order valence-electron chi connectivity index (χ1n) is 7.29. The largest absolute Gasteiger partial charge is 0.497 e. The average Bonchev–Trinajstić information content (AvgIpc) is 2.52. The number of rotatable bonds is 6. The number of nitrogens with one attached hydrogen (secondary N) is 1. The van der Waals surface area contributed by atoms with Crippen molar-refractivity contribution in [2.75, 3.05) is 13.7 Å². The van der Waals surface area contributed by atoms with E-state index in [0.29, 0.717) is 0 Å². The van der Waals surface area contributed by atoms with Gasteiger partial charge in [-0.3, -0.25) is 0 Å². The molecular weight excluding hydrogens is 373 g/mol. The van der Waals surface area contributed by atoms with E-state index in [1.165, 1.54) is 20.3 Å². The molecule has 2 rings (SSSR count). The van der Waals surface area contributed by atoms with Crippen molar-refractivity contribution in [3.8, 4) is 5.75 Å². The van der Waals surface area contributed by atoms with Gasteiger partial charge >= 0.3 is 0 Å². The van der Waals surface area contributed by atoms with Gasteiger partial charge in [-0.05, 0) is 71.3 Å². The number of aryl methyl sites for hydroxylation is 1. The monoisotopic (exact) mass is 395 g/mol. The van der Waals surface area contributed by atoms with Crippen LogP contribution in [0.3, 0.4) is 0 Å². The van der Waals surface area contributed by atoms with Crippen LogP contribution in [-0.4, -0.2) is 13.7 Å². The highest BCUT2D eigenvalue weighted by atomic mass is 127. The summed E-state index contributed by atoms with van der Waals surface area (Å²) in [5.74, 6) is 0.901. The Bertz CT molecular complexity index is 598. The molecule has 0 saturated heterocycles.